The van der Waals surface area contributed by atoms with Gasteiger partial charge in [-0.15, -0.1) is 16.4 Å². The Bertz CT molecular complexity index is 1120. The first kappa shape index (κ1) is 19.9. The molecule has 1 aromatic carbocycles. The van der Waals surface area contributed by atoms with Crippen LogP contribution < -0.4 is 21.1 Å². The van der Waals surface area contributed by atoms with Crippen molar-refractivity contribution in [2.45, 2.75) is 19.9 Å². The number of carbonyl (C=O) groups is 2. The largest absolute Gasteiger partial charge is 0.497 e. The molecule has 0 radical (unpaired) electrons. The van der Waals surface area contributed by atoms with Crippen LogP contribution in [0.3, 0.4) is 0 Å². The number of nitrogen functional groups attached to an aromatic ring is 1. The van der Waals surface area contributed by atoms with E-state index in [4.69, 9.17) is 10.5 Å². The fourth-order valence-corrected chi connectivity index (χ4v) is 4.28. The predicted octanol–water partition coefficient (Wildman–Crippen LogP) is 2.55. The Morgan fingerprint density at radius 1 is 1.20 bits per heavy atom. The zero-order chi connectivity index (χ0) is 21.4. The van der Waals surface area contributed by atoms with E-state index in [1.165, 1.54) is 11.3 Å². The maximum atomic E-state index is 12.7. The fourth-order valence-electron chi connectivity index (χ4n) is 3.27. The van der Waals surface area contributed by atoms with Crippen molar-refractivity contribution >= 4 is 44.9 Å². The van der Waals surface area contributed by atoms with Crippen molar-refractivity contribution in [3.63, 3.8) is 0 Å². The number of aromatic nitrogens is 2. The first-order chi connectivity index (χ1) is 14.4. The summed E-state index contributed by atoms with van der Waals surface area (Å²) in [7, 11) is 1.59. The van der Waals surface area contributed by atoms with Crippen molar-refractivity contribution in [2.24, 2.45) is 0 Å². The van der Waals surface area contributed by atoms with Gasteiger partial charge in [0.15, 0.2) is 0 Å². The Hall–Kier alpha value is -3.40. The summed E-state index contributed by atoms with van der Waals surface area (Å²) in [4.78, 5) is 27.7. The lowest BCUT2D eigenvalue weighted by atomic mass is 10.1. The van der Waals surface area contributed by atoms with Gasteiger partial charge in [0.05, 0.1) is 24.5 Å². The lowest BCUT2D eigenvalue weighted by molar-refractivity contribution is 0.0869. The molecule has 3 aromatic rings. The van der Waals surface area contributed by atoms with Gasteiger partial charge in [0.2, 0.25) is 0 Å². The quantitative estimate of drug-likeness (QED) is 0.589. The number of carbonyl (C=O) groups excluding carboxylic acids is 2. The topological polar surface area (TPSA) is 122 Å². The molecule has 1 aliphatic heterocycles. The highest BCUT2D eigenvalue weighted by Crippen LogP contribution is 2.34. The first-order valence-electron chi connectivity index (χ1n) is 9.40. The van der Waals surface area contributed by atoms with E-state index in [0.717, 1.165) is 22.4 Å². The highest BCUT2D eigenvalue weighted by Gasteiger charge is 2.33. The molecule has 0 spiro atoms. The van der Waals surface area contributed by atoms with Crippen LogP contribution in [-0.4, -0.2) is 53.3 Å². The van der Waals surface area contributed by atoms with Crippen LogP contribution in [0.25, 0.3) is 10.2 Å². The molecule has 1 saturated heterocycles. The van der Waals surface area contributed by atoms with Gasteiger partial charge in [0.1, 0.15) is 15.5 Å². The minimum Gasteiger partial charge on any atom is -0.497 e. The van der Waals surface area contributed by atoms with E-state index in [9.17, 15) is 9.59 Å². The van der Waals surface area contributed by atoms with Crippen LogP contribution in [0.2, 0.25) is 0 Å². The van der Waals surface area contributed by atoms with Crippen LogP contribution in [0.5, 0.6) is 5.75 Å². The number of nitrogens with zero attached hydrogens (tertiary/aromatic N) is 3. The number of nitrogens with two attached hydrogens (primary N) is 1. The Labute approximate surface area is 177 Å². The molecule has 3 heterocycles. The Morgan fingerprint density at radius 3 is 2.57 bits per heavy atom. The number of amides is 3. The molecule has 0 bridgehead atoms. The predicted molar refractivity (Wildman–Crippen MR) is 116 cm³/mol. The average molecular weight is 427 g/mol. The van der Waals surface area contributed by atoms with Crippen molar-refractivity contribution in [1.29, 1.82) is 0 Å². The standard InChI is InChI=1S/C20H22N6O3S/c1-10-11(2)24-25-19-15(10)16(21)17(30-19)18(27)22-13-8-26(9-13)20(28)23-12-4-6-14(29-3)7-5-12/h4-7,13H,8-9,21H2,1-3H3,(H,22,27)(H,23,28). The number of methoxy groups -OCH3 is 1. The molecule has 156 valence electrons. The molecule has 2 aromatic heterocycles. The zero-order valence-corrected chi connectivity index (χ0v) is 17.7. The zero-order valence-electron chi connectivity index (χ0n) is 16.9. The molecule has 4 rings (SSSR count). The molecular weight excluding hydrogens is 404 g/mol. The second-order valence-electron chi connectivity index (χ2n) is 7.17. The number of anilines is 2. The van der Waals surface area contributed by atoms with E-state index in [1.54, 1.807) is 36.3 Å². The third-order valence-corrected chi connectivity index (χ3v) is 6.28. The van der Waals surface area contributed by atoms with E-state index in [2.05, 4.69) is 20.8 Å². The SMILES string of the molecule is COc1ccc(NC(=O)N2CC(NC(=O)c3sc4nnc(C)c(C)c4c3N)C2)cc1. The Morgan fingerprint density at radius 2 is 1.90 bits per heavy atom. The molecule has 9 nitrogen and oxygen atoms in total. The van der Waals surface area contributed by atoms with E-state index >= 15 is 0 Å². The van der Waals surface area contributed by atoms with Gasteiger partial charge in [-0.1, -0.05) is 0 Å². The number of fused-ring (bicyclic) bond motifs is 1. The van der Waals surface area contributed by atoms with Crippen LogP contribution in [-0.2, 0) is 0 Å². The van der Waals surface area contributed by atoms with Gasteiger partial charge >= 0.3 is 6.03 Å². The summed E-state index contributed by atoms with van der Waals surface area (Å²) in [5, 5.41) is 14.8. The second kappa shape index (κ2) is 7.79. The maximum Gasteiger partial charge on any atom is 0.321 e. The summed E-state index contributed by atoms with van der Waals surface area (Å²) in [6.07, 6.45) is 0. The summed E-state index contributed by atoms with van der Waals surface area (Å²) in [6, 6.07) is 6.75. The smallest absolute Gasteiger partial charge is 0.321 e. The van der Waals surface area contributed by atoms with E-state index < -0.39 is 0 Å². The fraction of sp³-hybridized carbons (Fsp3) is 0.300. The first-order valence-corrected chi connectivity index (χ1v) is 10.2. The number of hydrogen-bond acceptors (Lipinski definition) is 7. The van der Waals surface area contributed by atoms with Crippen molar-refractivity contribution in [3.05, 3.63) is 40.4 Å². The van der Waals surface area contributed by atoms with Gasteiger partial charge in [0.25, 0.3) is 5.91 Å². The number of urea groups is 1. The van der Waals surface area contributed by atoms with Gasteiger partial charge in [0, 0.05) is 24.2 Å². The number of likely N-dealkylation sites (tertiary alicyclic amines) is 1. The highest BCUT2D eigenvalue weighted by atomic mass is 32.1. The number of hydrogen-bond donors (Lipinski definition) is 3. The van der Waals surface area contributed by atoms with Gasteiger partial charge in [-0.25, -0.2) is 4.79 Å². The van der Waals surface area contributed by atoms with Crippen molar-refractivity contribution in [1.82, 2.24) is 20.4 Å². The summed E-state index contributed by atoms with van der Waals surface area (Å²) in [6.45, 7) is 4.63. The van der Waals surface area contributed by atoms with Crippen LogP contribution in [0.4, 0.5) is 16.2 Å². The highest BCUT2D eigenvalue weighted by molar-refractivity contribution is 7.21. The van der Waals surface area contributed by atoms with Gasteiger partial charge < -0.3 is 26.0 Å². The number of nitrogens with one attached hydrogen (secondary N) is 2. The minimum atomic E-state index is -0.257. The van der Waals surface area contributed by atoms with E-state index in [-0.39, 0.29) is 18.0 Å². The van der Waals surface area contributed by atoms with Crippen LogP contribution in [0.15, 0.2) is 24.3 Å². The number of thiophene rings is 1. The molecule has 0 unspecified atom stereocenters. The van der Waals surface area contributed by atoms with E-state index in [1.807, 2.05) is 13.8 Å². The Kier molecular flexibility index (Phi) is 5.17. The molecule has 1 fully saturated rings. The van der Waals surface area contributed by atoms with E-state index in [0.29, 0.717) is 34.2 Å². The normalized spacial score (nSPS) is 13.8. The summed E-state index contributed by atoms with van der Waals surface area (Å²) < 4.78 is 5.10. The molecule has 0 atom stereocenters. The van der Waals surface area contributed by atoms with Gasteiger partial charge in [-0.2, -0.15) is 5.10 Å². The van der Waals surface area contributed by atoms with Crippen LogP contribution >= 0.6 is 11.3 Å². The number of benzene rings is 1. The summed E-state index contributed by atoms with van der Waals surface area (Å²) in [5.41, 5.74) is 9.05. The second-order valence-corrected chi connectivity index (χ2v) is 8.17. The molecule has 30 heavy (non-hydrogen) atoms. The molecule has 10 heteroatoms. The summed E-state index contributed by atoms with van der Waals surface area (Å²) >= 11 is 1.23. The molecule has 3 amide bonds. The number of rotatable bonds is 4. The lowest BCUT2D eigenvalue weighted by Crippen LogP contribution is -2.61. The Balaban J connectivity index is 1.35. The monoisotopic (exact) mass is 426 g/mol. The van der Waals surface area contributed by atoms with Gasteiger partial charge in [-0.3, -0.25) is 4.79 Å². The van der Waals surface area contributed by atoms with Crippen molar-refractivity contribution in [2.75, 3.05) is 31.2 Å². The third kappa shape index (κ3) is 3.61. The average Bonchev–Trinajstić information content (AvgIpc) is 3.04. The minimum absolute atomic E-state index is 0.127. The molecule has 0 saturated carbocycles. The molecule has 0 aliphatic carbocycles. The molecular formula is C20H22N6O3S. The summed E-state index contributed by atoms with van der Waals surface area (Å²) in [5.74, 6) is 0.462. The molecule has 1 aliphatic rings. The molecule has 4 N–H and O–H groups in total. The van der Waals surface area contributed by atoms with Crippen molar-refractivity contribution < 1.29 is 14.3 Å². The van der Waals surface area contributed by atoms with Crippen LogP contribution in [0, 0.1) is 13.8 Å². The lowest BCUT2D eigenvalue weighted by Gasteiger charge is -2.39. The van der Waals surface area contributed by atoms with Gasteiger partial charge in [-0.05, 0) is 43.7 Å². The maximum absolute atomic E-state index is 12.7. The van der Waals surface area contributed by atoms with Crippen LogP contribution in [0.1, 0.15) is 20.9 Å². The van der Waals surface area contributed by atoms with Crippen molar-refractivity contribution in [3.8, 4) is 5.75 Å². The number of ether oxygens (including phenoxy) is 1. The third-order valence-electron chi connectivity index (χ3n) is 5.19. The number of aryl methyl sites for hydroxylation is 2.